The number of benzene rings is 1. The van der Waals surface area contributed by atoms with Crippen LogP contribution in [0.2, 0.25) is 0 Å². The Balaban J connectivity index is 2.05. The van der Waals surface area contributed by atoms with Crippen molar-refractivity contribution in [1.82, 2.24) is 4.98 Å². The zero-order valence-electron chi connectivity index (χ0n) is 14.9. The van der Waals surface area contributed by atoms with Crippen molar-refractivity contribution in [2.24, 2.45) is 5.92 Å². The van der Waals surface area contributed by atoms with E-state index in [4.69, 9.17) is 4.42 Å². The lowest BCUT2D eigenvalue weighted by molar-refractivity contribution is 0.452. The number of nitrogens with zero attached hydrogens (tertiary/aromatic N) is 2. The van der Waals surface area contributed by atoms with Crippen LogP contribution in [-0.4, -0.2) is 26.5 Å². The lowest BCUT2D eigenvalue weighted by atomic mass is 10.1. The minimum absolute atomic E-state index is 0.0660. The zero-order valence-corrected chi connectivity index (χ0v) is 15.8. The van der Waals surface area contributed by atoms with Crippen LogP contribution in [0.25, 0.3) is 0 Å². The summed E-state index contributed by atoms with van der Waals surface area (Å²) in [6, 6.07) is 8.49. The molecule has 0 amide bonds. The number of aromatic nitrogens is 1. The number of oxazole rings is 1. The molecule has 0 atom stereocenters. The maximum atomic E-state index is 13.1. The molecule has 5 nitrogen and oxygen atoms in total. The molecule has 1 aliphatic rings. The Morgan fingerprint density at radius 2 is 1.72 bits per heavy atom. The fourth-order valence-corrected chi connectivity index (χ4v) is 4.50. The Labute approximate surface area is 150 Å². The van der Waals surface area contributed by atoms with Gasteiger partial charge in [0.2, 0.25) is 20.7 Å². The van der Waals surface area contributed by atoms with E-state index >= 15 is 0 Å². The van der Waals surface area contributed by atoms with Gasteiger partial charge in [-0.25, -0.2) is 8.42 Å². The first kappa shape index (κ1) is 18.0. The predicted octanol–water partition coefficient (Wildman–Crippen LogP) is 4.09. The van der Waals surface area contributed by atoms with Crippen LogP contribution in [0.4, 0.5) is 5.88 Å². The Hall–Kier alpha value is -1.82. The summed E-state index contributed by atoms with van der Waals surface area (Å²) in [5.41, 5.74) is 0. The van der Waals surface area contributed by atoms with E-state index in [1.54, 1.807) is 24.3 Å². The third-order valence-corrected chi connectivity index (χ3v) is 6.08. The summed E-state index contributed by atoms with van der Waals surface area (Å²) < 4.78 is 32.2. The predicted molar refractivity (Wildman–Crippen MR) is 97.6 cm³/mol. The molecule has 0 aliphatic carbocycles. The average molecular weight is 362 g/mol. The molecule has 6 heteroatoms. The second kappa shape index (κ2) is 7.60. The van der Waals surface area contributed by atoms with Crippen molar-refractivity contribution in [3.8, 4) is 0 Å². The van der Waals surface area contributed by atoms with Crippen LogP contribution >= 0.6 is 0 Å². The second-order valence-corrected chi connectivity index (χ2v) is 8.90. The molecule has 0 unspecified atom stereocenters. The van der Waals surface area contributed by atoms with Crippen LogP contribution in [0.15, 0.2) is 44.7 Å². The van der Waals surface area contributed by atoms with Crippen molar-refractivity contribution in [1.29, 1.82) is 0 Å². The van der Waals surface area contributed by atoms with E-state index in [9.17, 15) is 8.42 Å². The van der Waals surface area contributed by atoms with Crippen molar-refractivity contribution in [2.45, 2.75) is 55.9 Å². The molecule has 25 heavy (non-hydrogen) atoms. The third-order valence-electron chi connectivity index (χ3n) is 4.41. The minimum Gasteiger partial charge on any atom is -0.424 e. The van der Waals surface area contributed by atoms with E-state index in [-0.39, 0.29) is 9.92 Å². The highest BCUT2D eigenvalue weighted by molar-refractivity contribution is 7.91. The molecule has 0 N–H and O–H groups in total. The highest BCUT2D eigenvalue weighted by atomic mass is 32.2. The van der Waals surface area contributed by atoms with E-state index in [2.05, 4.69) is 23.7 Å². The molecular formula is C19H26N2O3S. The van der Waals surface area contributed by atoms with Gasteiger partial charge < -0.3 is 9.32 Å². The van der Waals surface area contributed by atoms with E-state index in [0.717, 1.165) is 25.9 Å². The molecule has 0 spiro atoms. The molecule has 1 aliphatic heterocycles. The molecule has 0 radical (unpaired) electrons. The SMILES string of the molecule is CC(C)Cc1nc(S(=O)(=O)c2ccccc2)c(N2CCCCCC2)o1. The highest BCUT2D eigenvalue weighted by Gasteiger charge is 2.31. The summed E-state index contributed by atoms with van der Waals surface area (Å²) in [5, 5.41) is 0.0660. The molecule has 1 aromatic heterocycles. The summed E-state index contributed by atoms with van der Waals surface area (Å²) in [6.07, 6.45) is 5.07. The van der Waals surface area contributed by atoms with Gasteiger partial charge in [0, 0.05) is 19.5 Å². The van der Waals surface area contributed by atoms with E-state index in [1.807, 2.05) is 6.07 Å². The average Bonchev–Trinajstić information content (AvgIpc) is 2.82. The number of rotatable bonds is 5. The van der Waals surface area contributed by atoms with Crippen LogP contribution in [0.5, 0.6) is 0 Å². The summed E-state index contributed by atoms with van der Waals surface area (Å²) >= 11 is 0. The van der Waals surface area contributed by atoms with Crippen molar-refractivity contribution in [3.05, 3.63) is 36.2 Å². The van der Waals surface area contributed by atoms with Crippen molar-refractivity contribution >= 4 is 15.7 Å². The maximum Gasteiger partial charge on any atom is 0.236 e. The number of hydrogen-bond donors (Lipinski definition) is 0. The lowest BCUT2D eigenvalue weighted by Crippen LogP contribution is -2.25. The zero-order chi connectivity index (χ0) is 17.9. The topological polar surface area (TPSA) is 63.4 Å². The van der Waals surface area contributed by atoms with E-state index in [1.165, 1.54) is 12.8 Å². The molecule has 1 saturated heterocycles. The van der Waals surface area contributed by atoms with Gasteiger partial charge >= 0.3 is 0 Å². The van der Waals surface area contributed by atoms with Gasteiger partial charge in [-0.2, -0.15) is 4.98 Å². The van der Waals surface area contributed by atoms with Crippen LogP contribution in [0, 0.1) is 5.92 Å². The molecule has 1 aromatic carbocycles. The Morgan fingerprint density at radius 1 is 1.08 bits per heavy atom. The smallest absolute Gasteiger partial charge is 0.236 e. The van der Waals surface area contributed by atoms with E-state index in [0.29, 0.717) is 24.1 Å². The standard InChI is InChI=1S/C19H26N2O3S/c1-15(2)14-17-20-18(25(22,23)16-10-6-5-7-11-16)19(24-17)21-12-8-3-4-9-13-21/h5-7,10-11,15H,3-4,8-9,12-14H2,1-2H3. The quantitative estimate of drug-likeness (QED) is 0.802. The first-order valence-corrected chi connectivity index (χ1v) is 10.5. The Morgan fingerprint density at radius 3 is 2.32 bits per heavy atom. The molecule has 0 saturated carbocycles. The highest BCUT2D eigenvalue weighted by Crippen LogP contribution is 2.33. The summed E-state index contributed by atoms with van der Waals surface area (Å²) in [5.74, 6) is 1.27. The molecule has 3 rings (SSSR count). The Kier molecular flexibility index (Phi) is 5.47. The molecule has 2 aromatic rings. The first-order chi connectivity index (χ1) is 12.0. The van der Waals surface area contributed by atoms with Crippen molar-refractivity contribution in [2.75, 3.05) is 18.0 Å². The van der Waals surface area contributed by atoms with Gasteiger partial charge in [0.15, 0.2) is 5.89 Å². The fraction of sp³-hybridized carbons (Fsp3) is 0.526. The van der Waals surface area contributed by atoms with Crippen LogP contribution in [0.3, 0.4) is 0 Å². The summed E-state index contributed by atoms with van der Waals surface area (Å²) in [4.78, 5) is 6.72. The third kappa shape index (κ3) is 4.06. The first-order valence-electron chi connectivity index (χ1n) is 9.03. The lowest BCUT2D eigenvalue weighted by Gasteiger charge is -2.20. The van der Waals surface area contributed by atoms with Gasteiger partial charge in [-0.3, -0.25) is 0 Å². The number of anilines is 1. The van der Waals surface area contributed by atoms with Gasteiger partial charge in [-0.05, 0) is 30.9 Å². The largest absolute Gasteiger partial charge is 0.424 e. The minimum atomic E-state index is -3.69. The van der Waals surface area contributed by atoms with E-state index < -0.39 is 9.84 Å². The van der Waals surface area contributed by atoms with Gasteiger partial charge in [-0.15, -0.1) is 0 Å². The monoisotopic (exact) mass is 362 g/mol. The summed E-state index contributed by atoms with van der Waals surface area (Å²) in [6.45, 7) is 5.77. The summed E-state index contributed by atoms with van der Waals surface area (Å²) in [7, 11) is -3.69. The van der Waals surface area contributed by atoms with Gasteiger partial charge in [0.05, 0.1) is 4.90 Å². The number of hydrogen-bond acceptors (Lipinski definition) is 5. The molecule has 136 valence electrons. The van der Waals surface area contributed by atoms with Crippen molar-refractivity contribution in [3.63, 3.8) is 0 Å². The number of sulfone groups is 1. The molecule has 2 heterocycles. The van der Waals surface area contributed by atoms with Crippen LogP contribution in [-0.2, 0) is 16.3 Å². The molecule has 0 bridgehead atoms. The normalized spacial score (nSPS) is 16.2. The second-order valence-electron chi connectivity index (χ2n) is 7.03. The van der Waals surface area contributed by atoms with Crippen molar-refractivity contribution < 1.29 is 12.8 Å². The molecule has 1 fully saturated rings. The van der Waals surface area contributed by atoms with Crippen LogP contribution in [0.1, 0.15) is 45.4 Å². The molecular weight excluding hydrogens is 336 g/mol. The Bertz CT molecular complexity index is 789. The van der Waals surface area contributed by atoms with Gasteiger partial charge in [-0.1, -0.05) is 44.9 Å². The maximum absolute atomic E-state index is 13.1. The van der Waals surface area contributed by atoms with Crippen LogP contribution < -0.4 is 4.90 Å². The van der Waals surface area contributed by atoms with Gasteiger partial charge in [0.1, 0.15) is 0 Å². The van der Waals surface area contributed by atoms with Gasteiger partial charge in [0.25, 0.3) is 0 Å². The fourth-order valence-electron chi connectivity index (χ4n) is 3.14.